The second-order valence-corrected chi connectivity index (χ2v) is 19.9. The maximum Gasteiger partial charge on any atom is 0.310 e. The van der Waals surface area contributed by atoms with E-state index in [9.17, 15) is 14.4 Å². The van der Waals surface area contributed by atoms with Crippen molar-refractivity contribution >= 4 is 17.9 Å². The molecule has 0 aliphatic heterocycles. The van der Waals surface area contributed by atoms with Crippen LogP contribution in [0.1, 0.15) is 303 Å². The van der Waals surface area contributed by atoms with E-state index in [1.165, 1.54) is 193 Å². The Kier molecular flexibility index (Phi) is 55.3. The molecule has 69 heavy (non-hydrogen) atoms. The van der Waals surface area contributed by atoms with Gasteiger partial charge in [-0.3, -0.25) is 14.4 Å². The van der Waals surface area contributed by atoms with E-state index in [1.54, 1.807) is 6.08 Å². The Labute approximate surface area is 428 Å². The fraction of sp³-hybridized carbons (Fsp3) is 0.794. The molecule has 0 aromatic heterocycles. The van der Waals surface area contributed by atoms with Crippen molar-refractivity contribution in [1.29, 1.82) is 0 Å². The van der Waals surface area contributed by atoms with Gasteiger partial charge in [-0.1, -0.05) is 300 Å². The number of carbonyl (C=O) groups is 3. The van der Waals surface area contributed by atoms with Gasteiger partial charge in [0.2, 0.25) is 0 Å². The van der Waals surface area contributed by atoms with Crippen molar-refractivity contribution in [2.45, 2.75) is 309 Å². The van der Waals surface area contributed by atoms with Crippen molar-refractivity contribution in [1.82, 2.24) is 0 Å². The third kappa shape index (κ3) is 55.9. The summed E-state index contributed by atoms with van der Waals surface area (Å²) < 4.78 is 16.7. The minimum atomic E-state index is -0.824. The Bertz CT molecular complexity index is 1250. The molecule has 400 valence electrons. The molecule has 0 aliphatic rings. The average Bonchev–Trinajstić information content (AvgIpc) is 3.35. The van der Waals surface area contributed by atoms with Crippen LogP contribution < -0.4 is 0 Å². The zero-order chi connectivity index (χ0) is 50.0. The third-order valence-corrected chi connectivity index (χ3v) is 13.1. The lowest BCUT2D eigenvalue weighted by atomic mass is 10.0. The highest BCUT2D eigenvalue weighted by Crippen LogP contribution is 2.17. The zero-order valence-electron chi connectivity index (χ0n) is 45.8. The van der Waals surface area contributed by atoms with E-state index in [1.807, 2.05) is 6.08 Å². The van der Waals surface area contributed by atoms with Gasteiger partial charge in [-0.2, -0.15) is 0 Å². The van der Waals surface area contributed by atoms with Crippen molar-refractivity contribution < 1.29 is 28.6 Å². The van der Waals surface area contributed by atoms with Gasteiger partial charge in [-0.25, -0.2) is 0 Å². The normalized spacial score (nSPS) is 12.4. The standard InChI is InChI=1S/C63H112O6/c1-4-7-10-13-16-19-22-24-26-27-28-29-30-31-32-33-34-35-36-38-39-41-44-47-50-53-56-62(65)68-59-60(58-67-61(64)55-52-49-46-43-21-18-15-12-9-6-3)69-63(66)57-54-51-48-45-42-40-37-25-23-20-17-14-11-8-5-2/h8,11,17,20,25,37,42,45,51,54,60H,4-7,9-10,12-16,18-19,21-24,26-36,38-41,43-44,46-50,52-53,55-59H2,1-3H3/b11-8-,20-17-,37-25-,45-42-,54-51-. The van der Waals surface area contributed by atoms with Crippen LogP contribution >= 0.6 is 0 Å². The lowest BCUT2D eigenvalue weighted by Crippen LogP contribution is -2.30. The molecule has 0 saturated carbocycles. The highest BCUT2D eigenvalue weighted by molar-refractivity contribution is 5.72. The smallest absolute Gasteiger partial charge is 0.310 e. The molecule has 0 rings (SSSR count). The number of carbonyl (C=O) groups excluding carboxylic acids is 3. The van der Waals surface area contributed by atoms with E-state index in [4.69, 9.17) is 14.2 Å². The van der Waals surface area contributed by atoms with Crippen molar-refractivity contribution in [2.75, 3.05) is 13.2 Å². The molecule has 0 heterocycles. The molecule has 0 fully saturated rings. The second-order valence-electron chi connectivity index (χ2n) is 19.9. The van der Waals surface area contributed by atoms with Crippen molar-refractivity contribution in [3.63, 3.8) is 0 Å². The molecule has 1 unspecified atom stereocenters. The van der Waals surface area contributed by atoms with E-state index in [-0.39, 0.29) is 31.6 Å². The van der Waals surface area contributed by atoms with Crippen LogP contribution in [0.15, 0.2) is 60.8 Å². The summed E-state index contributed by atoms with van der Waals surface area (Å²) in [5.74, 6) is -1.03. The van der Waals surface area contributed by atoms with Gasteiger partial charge in [-0.15, -0.1) is 0 Å². The molecule has 6 nitrogen and oxygen atoms in total. The van der Waals surface area contributed by atoms with E-state index >= 15 is 0 Å². The topological polar surface area (TPSA) is 78.9 Å². The molecule has 0 bridgehead atoms. The Morgan fingerprint density at radius 3 is 0.826 bits per heavy atom. The van der Waals surface area contributed by atoms with Gasteiger partial charge in [-0.05, 0) is 44.9 Å². The molecule has 6 heteroatoms. The van der Waals surface area contributed by atoms with Gasteiger partial charge in [0.25, 0.3) is 0 Å². The van der Waals surface area contributed by atoms with Gasteiger partial charge in [0.05, 0.1) is 6.42 Å². The number of allylic oxidation sites excluding steroid dienone is 9. The van der Waals surface area contributed by atoms with Crippen LogP contribution in [-0.2, 0) is 28.6 Å². The summed E-state index contributed by atoms with van der Waals surface area (Å²) in [5, 5.41) is 0. The van der Waals surface area contributed by atoms with Gasteiger partial charge in [0, 0.05) is 12.8 Å². The summed E-state index contributed by atoms with van der Waals surface area (Å²) in [4.78, 5) is 38.0. The first-order chi connectivity index (χ1) is 34.0. The van der Waals surface area contributed by atoms with Crippen molar-refractivity contribution in [3.05, 3.63) is 60.8 Å². The molecular weight excluding hydrogens is 853 g/mol. The van der Waals surface area contributed by atoms with Crippen LogP contribution in [-0.4, -0.2) is 37.2 Å². The van der Waals surface area contributed by atoms with Crippen LogP contribution in [0, 0.1) is 0 Å². The van der Waals surface area contributed by atoms with E-state index < -0.39 is 12.1 Å². The van der Waals surface area contributed by atoms with Crippen LogP contribution in [0.5, 0.6) is 0 Å². The summed E-state index contributed by atoms with van der Waals surface area (Å²) in [6.07, 6.45) is 72.7. The maximum atomic E-state index is 12.8. The summed E-state index contributed by atoms with van der Waals surface area (Å²) in [6, 6.07) is 0. The molecule has 0 spiro atoms. The molecule has 1 atom stereocenters. The SMILES string of the molecule is CC/C=C\C/C=C\C/C=C\C/C=C\C/C=C\CC(=O)OC(COC(=O)CCCCCCCCCCCC)COC(=O)CCCCCCCCCCCCCCCCCCCCCCCCCCCC. The number of hydrogen-bond acceptors (Lipinski definition) is 6. The molecule has 0 aliphatic carbocycles. The summed E-state index contributed by atoms with van der Waals surface area (Å²) in [5.41, 5.74) is 0. The van der Waals surface area contributed by atoms with Gasteiger partial charge in [0.15, 0.2) is 6.10 Å². The fourth-order valence-electron chi connectivity index (χ4n) is 8.64. The minimum absolute atomic E-state index is 0.101. The maximum absolute atomic E-state index is 12.8. The van der Waals surface area contributed by atoms with Crippen LogP contribution in [0.3, 0.4) is 0 Å². The van der Waals surface area contributed by atoms with Crippen LogP contribution in [0.25, 0.3) is 0 Å². The predicted octanol–water partition coefficient (Wildman–Crippen LogP) is 20.0. The molecule has 0 N–H and O–H groups in total. The van der Waals surface area contributed by atoms with Gasteiger partial charge >= 0.3 is 17.9 Å². The summed E-state index contributed by atoms with van der Waals surface area (Å²) >= 11 is 0. The average molecular weight is 966 g/mol. The second kappa shape index (κ2) is 57.7. The van der Waals surface area contributed by atoms with E-state index in [2.05, 4.69) is 69.4 Å². The Morgan fingerprint density at radius 1 is 0.304 bits per heavy atom. The highest BCUT2D eigenvalue weighted by Gasteiger charge is 2.19. The molecular formula is C63H112O6. The number of esters is 3. The lowest BCUT2D eigenvalue weighted by Gasteiger charge is -2.18. The Morgan fingerprint density at radius 2 is 0.551 bits per heavy atom. The van der Waals surface area contributed by atoms with Gasteiger partial charge < -0.3 is 14.2 Å². The Hall–Kier alpha value is -2.89. The summed E-state index contributed by atoms with van der Waals surface area (Å²) in [7, 11) is 0. The number of unbranched alkanes of at least 4 members (excludes halogenated alkanes) is 34. The number of rotatable bonds is 54. The van der Waals surface area contributed by atoms with E-state index in [0.717, 1.165) is 70.6 Å². The van der Waals surface area contributed by atoms with E-state index in [0.29, 0.717) is 12.8 Å². The molecule has 0 aromatic rings. The molecule has 0 saturated heterocycles. The van der Waals surface area contributed by atoms with Crippen LogP contribution in [0.2, 0.25) is 0 Å². The highest BCUT2D eigenvalue weighted by atomic mass is 16.6. The monoisotopic (exact) mass is 965 g/mol. The molecule has 0 aromatic carbocycles. The first-order valence-electron chi connectivity index (χ1n) is 29.8. The zero-order valence-corrected chi connectivity index (χ0v) is 45.8. The first kappa shape index (κ1) is 66.1. The predicted molar refractivity (Wildman–Crippen MR) is 298 cm³/mol. The first-order valence-corrected chi connectivity index (χ1v) is 29.8. The third-order valence-electron chi connectivity index (χ3n) is 13.1. The van der Waals surface area contributed by atoms with Crippen molar-refractivity contribution in [3.8, 4) is 0 Å². The fourth-order valence-corrected chi connectivity index (χ4v) is 8.64. The quantitative estimate of drug-likeness (QED) is 0.0262. The number of hydrogen-bond donors (Lipinski definition) is 0. The molecule has 0 amide bonds. The van der Waals surface area contributed by atoms with Crippen molar-refractivity contribution in [2.24, 2.45) is 0 Å². The largest absolute Gasteiger partial charge is 0.462 e. The summed E-state index contributed by atoms with van der Waals surface area (Å²) in [6.45, 7) is 6.46. The number of ether oxygens (including phenoxy) is 3. The molecule has 0 radical (unpaired) electrons. The minimum Gasteiger partial charge on any atom is -0.462 e. The Balaban J connectivity index is 4.23. The van der Waals surface area contributed by atoms with Crippen LogP contribution in [0.4, 0.5) is 0 Å². The lowest BCUT2D eigenvalue weighted by molar-refractivity contribution is -0.166. The van der Waals surface area contributed by atoms with Gasteiger partial charge in [0.1, 0.15) is 13.2 Å².